The fourth-order valence-electron chi connectivity index (χ4n) is 2.54. The van der Waals surface area contributed by atoms with Gasteiger partial charge in [-0.15, -0.1) is 13.2 Å². The van der Waals surface area contributed by atoms with Crippen LogP contribution in [-0.4, -0.2) is 17.4 Å². The van der Waals surface area contributed by atoms with Gasteiger partial charge in [0.25, 0.3) is 5.91 Å². The summed E-state index contributed by atoms with van der Waals surface area (Å²) in [4.78, 5) is 12.3. The van der Waals surface area contributed by atoms with Gasteiger partial charge in [-0.25, -0.2) is 0 Å². The number of unbranched alkanes of at least 4 members (excludes halogenated alkanes) is 2. The van der Waals surface area contributed by atoms with Crippen LogP contribution in [-0.2, 0) is 6.42 Å². The van der Waals surface area contributed by atoms with Crippen molar-refractivity contribution in [1.29, 1.82) is 0 Å². The van der Waals surface area contributed by atoms with Crippen molar-refractivity contribution < 1.29 is 22.7 Å². The van der Waals surface area contributed by atoms with E-state index in [1.165, 1.54) is 12.0 Å². The molecule has 0 radical (unpaired) electrons. The summed E-state index contributed by atoms with van der Waals surface area (Å²) < 4.78 is 40.9. The van der Waals surface area contributed by atoms with Crippen LogP contribution in [0, 0.1) is 0 Å². The summed E-state index contributed by atoms with van der Waals surface area (Å²) in [5.41, 5.74) is 1.69. The van der Waals surface area contributed by atoms with Gasteiger partial charge in [0.05, 0.1) is 10.6 Å². The highest BCUT2D eigenvalue weighted by Crippen LogP contribution is 2.27. The third-order valence-corrected chi connectivity index (χ3v) is 4.46. The molecule has 1 amide bonds. The van der Waals surface area contributed by atoms with Gasteiger partial charge in [-0.1, -0.05) is 43.5 Å². The molecule has 0 fully saturated rings. The largest absolute Gasteiger partial charge is 0.573 e. The van der Waals surface area contributed by atoms with Crippen LogP contribution < -0.4 is 15.4 Å². The molecule has 0 unspecified atom stereocenters. The molecule has 9 heteroatoms. The molecule has 0 aliphatic carbocycles. The second-order valence-electron chi connectivity index (χ2n) is 6.25. The summed E-state index contributed by atoms with van der Waals surface area (Å²) in [6.07, 6.45) is -0.433. The van der Waals surface area contributed by atoms with Crippen LogP contribution >= 0.6 is 23.8 Å². The second kappa shape index (κ2) is 10.5. The number of carbonyl (C=O) groups excluding carboxylic acids is 1. The van der Waals surface area contributed by atoms with Gasteiger partial charge >= 0.3 is 6.36 Å². The van der Waals surface area contributed by atoms with E-state index in [4.69, 9.17) is 23.8 Å². The molecule has 0 spiro atoms. The van der Waals surface area contributed by atoms with E-state index >= 15 is 0 Å². The Hall–Kier alpha value is -2.32. The number of amides is 1. The molecule has 0 heterocycles. The summed E-state index contributed by atoms with van der Waals surface area (Å²) in [6, 6.07) is 10.7. The van der Waals surface area contributed by atoms with Crippen molar-refractivity contribution in [2.24, 2.45) is 0 Å². The molecule has 2 aromatic rings. The molecular formula is C20H20ClF3N2O2S. The smallest absolute Gasteiger partial charge is 0.406 e. The number of alkyl halides is 3. The Labute approximate surface area is 177 Å². The number of nitrogens with one attached hydrogen (secondary N) is 2. The lowest BCUT2D eigenvalue weighted by Gasteiger charge is -2.13. The summed E-state index contributed by atoms with van der Waals surface area (Å²) in [6.45, 7) is 2.15. The molecule has 0 aliphatic rings. The van der Waals surface area contributed by atoms with Gasteiger partial charge in [0.2, 0.25) is 0 Å². The summed E-state index contributed by atoms with van der Waals surface area (Å²) in [7, 11) is 0. The Morgan fingerprint density at radius 3 is 2.45 bits per heavy atom. The molecule has 0 bridgehead atoms. The predicted octanol–water partition coefficient (Wildman–Crippen LogP) is 6.10. The minimum Gasteiger partial charge on any atom is -0.406 e. The fraction of sp³-hybridized carbons (Fsp3) is 0.300. The van der Waals surface area contributed by atoms with Crippen LogP contribution in [0.25, 0.3) is 0 Å². The lowest BCUT2D eigenvalue weighted by atomic mass is 10.1. The van der Waals surface area contributed by atoms with E-state index in [2.05, 4.69) is 22.3 Å². The highest BCUT2D eigenvalue weighted by Gasteiger charge is 2.31. The summed E-state index contributed by atoms with van der Waals surface area (Å²) in [5.74, 6) is -1.30. The standard InChI is InChI=1S/C20H20ClF3N2O2S/c1-2-3-4-5-13-6-8-14(9-7-13)25-19(29)26-18(27)16-12-15(10-11-17(16)21)28-20(22,23)24/h6-12H,2-5H2,1H3,(H2,25,26,27,29). The lowest BCUT2D eigenvalue weighted by Crippen LogP contribution is -2.34. The van der Waals surface area contributed by atoms with Gasteiger partial charge in [0.1, 0.15) is 5.75 Å². The predicted molar refractivity (Wildman–Crippen MR) is 111 cm³/mol. The Balaban J connectivity index is 1.96. The summed E-state index contributed by atoms with van der Waals surface area (Å²) in [5, 5.41) is 5.21. The average Bonchev–Trinajstić information content (AvgIpc) is 2.63. The number of aryl methyl sites for hydroxylation is 1. The topological polar surface area (TPSA) is 50.4 Å². The fourth-order valence-corrected chi connectivity index (χ4v) is 2.96. The van der Waals surface area contributed by atoms with Gasteiger partial charge in [-0.2, -0.15) is 0 Å². The van der Waals surface area contributed by atoms with Gasteiger partial charge in [0, 0.05) is 5.69 Å². The third kappa shape index (κ3) is 7.91. The average molecular weight is 445 g/mol. The van der Waals surface area contributed by atoms with E-state index in [1.54, 1.807) is 0 Å². The van der Waals surface area contributed by atoms with Crippen molar-refractivity contribution >= 4 is 40.5 Å². The Kier molecular flexibility index (Phi) is 8.28. The number of ether oxygens (including phenoxy) is 1. The van der Waals surface area contributed by atoms with E-state index in [0.717, 1.165) is 37.5 Å². The van der Waals surface area contributed by atoms with E-state index in [0.29, 0.717) is 5.69 Å². The monoisotopic (exact) mass is 444 g/mol. The third-order valence-electron chi connectivity index (χ3n) is 3.92. The van der Waals surface area contributed by atoms with Crippen LogP contribution in [0.1, 0.15) is 42.1 Å². The number of anilines is 1. The minimum atomic E-state index is -4.87. The van der Waals surface area contributed by atoms with Crippen molar-refractivity contribution in [3.05, 3.63) is 58.6 Å². The van der Waals surface area contributed by atoms with Gasteiger partial charge in [-0.05, 0) is 61.0 Å². The molecule has 4 nitrogen and oxygen atoms in total. The molecule has 2 rings (SSSR count). The first kappa shape index (κ1) is 23.0. The molecular weight excluding hydrogens is 425 g/mol. The van der Waals surface area contributed by atoms with Gasteiger partial charge < -0.3 is 10.1 Å². The first-order valence-corrected chi connectivity index (χ1v) is 9.73. The van der Waals surface area contributed by atoms with Crippen molar-refractivity contribution in [3.8, 4) is 5.75 Å². The molecule has 2 N–H and O–H groups in total. The zero-order valence-electron chi connectivity index (χ0n) is 15.6. The number of rotatable bonds is 7. The maximum Gasteiger partial charge on any atom is 0.573 e. The van der Waals surface area contributed by atoms with Gasteiger partial charge in [-0.3, -0.25) is 10.1 Å². The highest BCUT2D eigenvalue weighted by atomic mass is 35.5. The molecule has 0 aliphatic heterocycles. The molecule has 0 aromatic heterocycles. The molecule has 0 saturated carbocycles. The van der Waals surface area contributed by atoms with E-state index in [-0.39, 0.29) is 15.7 Å². The SMILES string of the molecule is CCCCCc1ccc(NC(=S)NC(=O)c2cc(OC(F)(F)F)ccc2Cl)cc1. The van der Waals surface area contributed by atoms with Crippen molar-refractivity contribution in [2.75, 3.05) is 5.32 Å². The van der Waals surface area contributed by atoms with Crippen molar-refractivity contribution in [1.82, 2.24) is 5.32 Å². The Morgan fingerprint density at radius 1 is 1.14 bits per heavy atom. The van der Waals surface area contributed by atoms with Crippen LogP contribution in [0.2, 0.25) is 5.02 Å². The highest BCUT2D eigenvalue weighted by molar-refractivity contribution is 7.80. The zero-order valence-corrected chi connectivity index (χ0v) is 17.2. The quantitative estimate of drug-likeness (QED) is 0.400. The molecule has 0 saturated heterocycles. The Bertz CT molecular complexity index is 858. The minimum absolute atomic E-state index is 0.00746. The van der Waals surface area contributed by atoms with Crippen LogP contribution in [0.15, 0.2) is 42.5 Å². The van der Waals surface area contributed by atoms with Crippen molar-refractivity contribution in [2.45, 2.75) is 39.0 Å². The van der Waals surface area contributed by atoms with Crippen LogP contribution in [0.4, 0.5) is 18.9 Å². The van der Waals surface area contributed by atoms with Crippen LogP contribution in [0.3, 0.4) is 0 Å². The van der Waals surface area contributed by atoms with Crippen LogP contribution in [0.5, 0.6) is 5.75 Å². The zero-order chi connectivity index (χ0) is 21.4. The first-order valence-electron chi connectivity index (χ1n) is 8.94. The number of carbonyl (C=O) groups is 1. The maximum absolute atomic E-state index is 12.4. The second-order valence-corrected chi connectivity index (χ2v) is 7.07. The lowest BCUT2D eigenvalue weighted by molar-refractivity contribution is -0.274. The molecule has 156 valence electrons. The van der Waals surface area contributed by atoms with E-state index in [9.17, 15) is 18.0 Å². The number of thiocarbonyl (C=S) groups is 1. The summed E-state index contributed by atoms with van der Waals surface area (Å²) >= 11 is 11.0. The molecule has 29 heavy (non-hydrogen) atoms. The normalized spacial score (nSPS) is 11.1. The van der Waals surface area contributed by atoms with Crippen molar-refractivity contribution in [3.63, 3.8) is 0 Å². The van der Waals surface area contributed by atoms with Gasteiger partial charge in [0.15, 0.2) is 5.11 Å². The maximum atomic E-state index is 12.4. The Morgan fingerprint density at radius 2 is 1.83 bits per heavy atom. The number of benzene rings is 2. The first-order chi connectivity index (χ1) is 13.7. The number of halogens is 4. The molecule has 0 atom stereocenters. The van der Waals surface area contributed by atoms with E-state index < -0.39 is 18.0 Å². The number of hydrogen-bond acceptors (Lipinski definition) is 3. The van der Waals surface area contributed by atoms with E-state index in [1.807, 2.05) is 24.3 Å². The molecule has 2 aromatic carbocycles. The number of hydrogen-bond donors (Lipinski definition) is 2.